The molecule has 0 radical (unpaired) electrons. The average molecular weight is 334 g/mol. The number of rotatable bonds is 6. The number of alkyl halides is 1. The molecule has 0 atom stereocenters. The van der Waals surface area contributed by atoms with Gasteiger partial charge in [-0.05, 0) is 24.1 Å². The Morgan fingerprint density at radius 1 is 1.31 bits per heavy atom. The highest BCUT2D eigenvalue weighted by molar-refractivity contribution is 14.1. The smallest absolute Gasteiger partial charge is 0.305 e. The minimum atomic E-state index is -0.191. The summed E-state index contributed by atoms with van der Waals surface area (Å²) in [6, 6.07) is 7.99. The van der Waals surface area contributed by atoms with Gasteiger partial charge >= 0.3 is 5.97 Å². The minimum absolute atomic E-state index is 0.191. The first-order chi connectivity index (χ1) is 7.76. The van der Waals surface area contributed by atoms with E-state index in [0.717, 1.165) is 10.2 Å². The minimum Gasteiger partial charge on any atom is -0.494 e. The monoisotopic (exact) mass is 334 g/mol. The van der Waals surface area contributed by atoms with Crippen LogP contribution in [0.25, 0.3) is 0 Å². The summed E-state index contributed by atoms with van der Waals surface area (Å²) in [7, 11) is 1.39. The van der Waals surface area contributed by atoms with Gasteiger partial charge in [0, 0.05) is 10.8 Å². The van der Waals surface area contributed by atoms with Gasteiger partial charge in [-0.3, -0.25) is 4.79 Å². The number of hydrogen-bond donors (Lipinski definition) is 0. The Bertz CT molecular complexity index is 322. The third-order valence-corrected chi connectivity index (χ3v) is 2.98. The van der Waals surface area contributed by atoms with Crippen molar-refractivity contribution in [1.29, 1.82) is 0 Å². The maximum absolute atomic E-state index is 10.8. The predicted molar refractivity (Wildman–Crippen MR) is 70.9 cm³/mol. The van der Waals surface area contributed by atoms with Crippen LogP contribution in [0.5, 0.6) is 5.75 Å². The number of carbonyl (C=O) groups excluding carboxylic acids is 1. The van der Waals surface area contributed by atoms with E-state index in [1.54, 1.807) is 0 Å². The molecule has 0 N–H and O–H groups in total. The maximum atomic E-state index is 10.8. The number of carbonyl (C=O) groups is 1. The van der Waals surface area contributed by atoms with Crippen molar-refractivity contribution in [2.45, 2.75) is 17.3 Å². The second kappa shape index (κ2) is 7.49. The molecule has 0 saturated carbocycles. The van der Waals surface area contributed by atoms with E-state index in [4.69, 9.17) is 4.74 Å². The molecule has 0 aliphatic rings. The van der Waals surface area contributed by atoms with Gasteiger partial charge in [0.1, 0.15) is 5.75 Å². The van der Waals surface area contributed by atoms with Crippen molar-refractivity contribution in [3.8, 4) is 5.75 Å². The number of esters is 1. The Morgan fingerprint density at radius 2 is 2.00 bits per heavy atom. The van der Waals surface area contributed by atoms with Gasteiger partial charge in [0.05, 0.1) is 13.7 Å². The number of methoxy groups -OCH3 is 1. The van der Waals surface area contributed by atoms with E-state index in [0.29, 0.717) is 19.4 Å². The molecule has 1 aromatic carbocycles. The van der Waals surface area contributed by atoms with Crippen molar-refractivity contribution in [3.63, 3.8) is 0 Å². The molecular weight excluding hydrogens is 319 g/mol. The van der Waals surface area contributed by atoms with Crippen LogP contribution in [0.4, 0.5) is 0 Å². The summed E-state index contributed by atoms with van der Waals surface area (Å²) in [5, 5.41) is 0. The van der Waals surface area contributed by atoms with Crippen LogP contribution in [0.1, 0.15) is 18.4 Å². The predicted octanol–water partition coefficient (Wildman–Crippen LogP) is 2.95. The first kappa shape index (κ1) is 13.3. The molecule has 0 aliphatic carbocycles. The van der Waals surface area contributed by atoms with Gasteiger partial charge in [0.2, 0.25) is 0 Å². The topological polar surface area (TPSA) is 35.5 Å². The zero-order valence-corrected chi connectivity index (χ0v) is 11.4. The summed E-state index contributed by atoms with van der Waals surface area (Å²) in [6.45, 7) is 0.540. The number of benzene rings is 1. The molecule has 0 amide bonds. The van der Waals surface area contributed by atoms with E-state index in [-0.39, 0.29) is 5.97 Å². The summed E-state index contributed by atoms with van der Waals surface area (Å²) < 4.78 is 11.0. The van der Waals surface area contributed by atoms with Crippen LogP contribution in [-0.2, 0) is 14.0 Å². The van der Waals surface area contributed by atoms with E-state index in [1.165, 1.54) is 12.7 Å². The quantitative estimate of drug-likeness (QED) is 0.347. The second-order valence-electron chi connectivity index (χ2n) is 3.31. The van der Waals surface area contributed by atoms with Crippen molar-refractivity contribution in [3.05, 3.63) is 29.8 Å². The lowest BCUT2D eigenvalue weighted by Gasteiger charge is -2.05. The largest absolute Gasteiger partial charge is 0.494 e. The number of halogens is 1. The fourth-order valence-electron chi connectivity index (χ4n) is 1.18. The van der Waals surface area contributed by atoms with Crippen molar-refractivity contribution in [2.24, 2.45) is 0 Å². The highest BCUT2D eigenvalue weighted by atomic mass is 127. The highest BCUT2D eigenvalue weighted by Gasteiger charge is 2.00. The standard InChI is InChI=1S/C12H15IO3/c1-15-12(14)3-2-8-16-11-6-4-10(9-13)5-7-11/h4-7H,2-3,8-9H2,1H3. The Morgan fingerprint density at radius 3 is 2.56 bits per heavy atom. The first-order valence-corrected chi connectivity index (χ1v) is 6.63. The summed E-state index contributed by atoms with van der Waals surface area (Å²) in [5.41, 5.74) is 1.28. The van der Waals surface area contributed by atoms with Gasteiger partial charge in [-0.25, -0.2) is 0 Å². The van der Waals surface area contributed by atoms with Crippen molar-refractivity contribution in [2.75, 3.05) is 13.7 Å². The molecule has 88 valence electrons. The second-order valence-corrected chi connectivity index (χ2v) is 4.07. The summed E-state index contributed by atoms with van der Waals surface area (Å²) in [6.07, 6.45) is 1.09. The molecule has 0 unspecified atom stereocenters. The summed E-state index contributed by atoms with van der Waals surface area (Å²) in [4.78, 5) is 10.8. The van der Waals surface area contributed by atoms with Crippen LogP contribution >= 0.6 is 22.6 Å². The van der Waals surface area contributed by atoms with Crippen molar-refractivity contribution >= 4 is 28.6 Å². The Balaban J connectivity index is 2.24. The maximum Gasteiger partial charge on any atom is 0.305 e. The lowest BCUT2D eigenvalue weighted by atomic mass is 10.2. The Hall–Kier alpha value is -0.780. The molecule has 0 bridgehead atoms. The fourth-order valence-corrected chi connectivity index (χ4v) is 1.69. The van der Waals surface area contributed by atoms with Gasteiger partial charge in [0.15, 0.2) is 0 Å². The van der Waals surface area contributed by atoms with Crippen LogP contribution in [0.2, 0.25) is 0 Å². The average Bonchev–Trinajstić information content (AvgIpc) is 2.35. The molecule has 16 heavy (non-hydrogen) atoms. The molecule has 3 nitrogen and oxygen atoms in total. The Labute approximate surface area is 109 Å². The van der Waals surface area contributed by atoms with Gasteiger partial charge in [-0.2, -0.15) is 0 Å². The third kappa shape index (κ3) is 4.83. The molecule has 0 fully saturated rings. The molecule has 0 aromatic heterocycles. The molecule has 0 aliphatic heterocycles. The van der Waals surface area contributed by atoms with E-state index in [9.17, 15) is 4.79 Å². The normalized spacial score (nSPS) is 9.88. The molecule has 0 heterocycles. The summed E-state index contributed by atoms with van der Waals surface area (Å²) in [5.74, 6) is 0.655. The SMILES string of the molecule is COC(=O)CCCOc1ccc(CI)cc1. The first-order valence-electron chi connectivity index (χ1n) is 5.11. The third-order valence-electron chi connectivity index (χ3n) is 2.10. The Kier molecular flexibility index (Phi) is 6.22. The zero-order valence-electron chi connectivity index (χ0n) is 9.24. The molecule has 1 rings (SSSR count). The van der Waals surface area contributed by atoms with Crippen LogP contribution in [0.3, 0.4) is 0 Å². The fraction of sp³-hybridized carbons (Fsp3) is 0.417. The van der Waals surface area contributed by atoms with Crippen molar-refractivity contribution < 1.29 is 14.3 Å². The molecule has 0 saturated heterocycles. The van der Waals surface area contributed by atoms with Crippen LogP contribution in [-0.4, -0.2) is 19.7 Å². The number of ether oxygens (including phenoxy) is 2. The van der Waals surface area contributed by atoms with Gasteiger partial charge in [-0.15, -0.1) is 0 Å². The lowest BCUT2D eigenvalue weighted by Crippen LogP contribution is -2.04. The van der Waals surface area contributed by atoms with E-state index >= 15 is 0 Å². The van der Waals surface area contributed by atoms with Gasteiger partial charge < -0.3 is 9.47 Å². The van der Waals surface area contributed by atoms with E-state index in [1.807, 2.05) is 24.3 Å². The van der Waals surface area contributed by atoms with Crippen LogP contribution < -0.4 is 4.74 Å². The van der Waals surface area contributed by atoms with E-state index < -0.39 is 0 Å². The lowest BCUT2D eigenvalue weighted by molar-refractivity contribution is -0.140. The molecular formula is C12H15IO3. The molecule has 1 aromatic rings. The zero-order chi connectivity index (χ0) is 11.8. The van der Waals surface area contributed by atoms with Crippen LogP contribution in [0.15, 0.2) is 24.3 Å². The number of hydrogen-bond acceptors (Lipinski definition) is 3. The highest BCUT2D eigenvalue weighted by Crippen LogP contribution is 2.14. The van der Waals surface area contributed by atoms with Crippen LogP contribution in [0, 0.1) is 0 Å². The molecule has 4 heteroatoms. The van der Waals surface area contributed by atoms with Gasteiger partial charge in [0.25, 0.3) is 0 Å². The molecule has 0 spiro atoms. The van der Waals surface area contributed by atoms with Crippen molar-refractivity contribution in [1.82, 2.24) is 0 Å². The summed E-state index contributed by atoms with van der Waals surface area (Å²) >= 11 is 2.32. The van der Waals surface area contributed by atoms with Gasteiger partial charge in [-0.1, -0.05) is 34.7 Å². The van der Waals surface area contributed by atoms with E-state index in [2.05, 4.69) is 27.3 Å².